The van der Waals surface area contributed by atoms with Crippen LogP contribution in [0.25, 0.3) is 11.4 Å². The van der Waals surface area contributed by atoms with Crippen LogP contribution in [0.15, 0.2) is 12.1 Å². The highest BCUT2D eigenvalue weighted by atomic mass is 19.1. The van der Waals surface area contributed by atoms with Crippen LogP contribution in [0, 0.1) is 18.7 Å². The Morgan fingerprint density at radius 1 is 1.42 bits per heavy atom. The summed E-state index contributed by atoms with van der Waals surface area (Å²) in [5, 5.41) is 11.6. The number of rotatable bonds is 4. The van der Waals surface area contributed by atoms with Gasteiger partial charge in [-0.3, -0.25) is 0 Å². The van der Waals surface area contributed by atoms with Gasteiger partial charge in [-0.2, -0.15) is 0 Å². The van der Waals surface area contributed by atoms with Gasteiger partial charge in [-0.1, -0.05) is 12.8 Å². The number of hydrogen-bond acceptors (Lipinski definition) is 4. The fourth-order valence-electron chi connectivity index (χ4n) is 2.10. The second-order valence-electron chi connectivity index (χ2n) is 5.13. The first-order chi connectivity index (χ1) is 9.15. The molecular formula is C13H16FN5. The van der Waals surface area contributed by atoms with Crippen LogP contribution in [0.4, 0.5) is 10.1 Å². The zero-order valence-electron chi connectivity index (χ0n) is 10.8. The van der Waals surface area contributed by atoms with Gasteiger partial charge in [-0.15, -0.1) is 5.10 Å². The summed E-state index contributed by atoms with van der Waals surface area (Å²) in [6.45, 7) is 2.42. The van der Waals surface area contributed by atoms with Gasteiger partial charge in [0.15, 0.2) is 5.82 Å². The third-order valence-electron chi connectivity index (χ3n) is 3.62. The number of benzene rings is 1. The van der Waals surface area contributed by atoms with E-state index >= 15 is 0 Å². The molecule has 6 heteroatoms. The number of hydrogen-bond donors (Lipinski definition) is 1. The predicted octanol–water partition coefficient (Wildman–Crippen LogP) is 2.17. The zero-order valence-corrected chi connectivity index (χ0v) is 10.8. The minimum atomic E-state index is -0.327. The Labute approximate surface area is 110 Å². The molecule has 2 N–H and O–H groups in total. The first-order valence-electron chi connectivity index (χ1n) is 6.47. The van der Waals surface area contributed by atoms with Crippen molar-refractivity contribution in [3.05, 3.63) is 23.5 Å². The third kappa shape index (κ3) is 2.43. The summed E-state index contributed by atoms with van der Waals surface area (Å²) in [5.74, 6) is 1.05. The van der Waals surface area contributed by atoms with E-state index in [1.54, 1.807) is 17.7 Å². The highest BCUT2D eigenvalue weighted by Crippen LogP contribution is 2.33. The van der Waals surface area contributed by atoms with E-state index in [9.17, 15) is 4.39 Å². The Morgan fingerprint density at radius 3 is 2.89 bits per heavy atom. The van der Waals surface area contributed by atoms with Crippen LogP contribution in [0.3, 0.4) is 0 Å². The summed E-state index contributed by atoms with van der Waals surface area (Å²) in [5.41, 5.74) is 7.30. The van der Waals surface area contributed by atoms with E-state index in [1.807, 2.05) is 0 Å². The first-order valence-corrected chi connectivity index (χ1v) is 6.47. The van der Waals surface area contributed by atoms with Gasteiger partial charge in [0.2, 0.25) is 0 Å². The maximum atomic E-state index is 13.7. The molecule has 0 radical (unpaired) electrons. The molecule has 5 nitrogen and oxygen atoms in total. The molecule has 1 aliphatic rings. The van der Waals surface area contributed by atoms with Gasteiger partial charge in [-0.25, -0.2) is 9.07 Å². The molecule has 0 atom stereocenters. The minimum absolute atomic E-state index is 0.327. The molecule has 1 aromatic carbocycles. The summed E-state index contributed by atoms with van der Waals surface area (Å²) in [4.78, 5) is 0. The van der Waals surface area contributed by atoms with Crippen LogP contribution < -0.4 is 5.73 Å². The molecule has 100 valence electrons. The molecule has 0 bridgehead atoms. The quantitative estimate of drug-likeness (QED) is 0.856. The summed E-state index contributed by atoms with van der Waals surface area (Å²) in [6.07, 6.45) is 3.66. The second kappa shape index (κ2) is 4.60. The lowest BCUT2D eigenvalue weighted by Gasteiger charge is -2.07. The van der Waals surface area contributed by atoms with Gasteiger partial charge < -0.3 is 5.73 Å². The maximum absolute atomic E-state index is 13.7. The number of nitrogen functional groups attached to an aromatic ring is 1. The van der Waals surface area contributed by atoms with Crippen molar-refractivity contribution in [1.29, 1.82) is 0 Å². The van der Waals surface area contributed by atoms with Gasteiger partial charge >= 0.3 is 0 Å². The molecule has 0 aliphatic heterocycles. The molecule has 1 fully saturated rings. The lowest BCUT2D eigenvalue weighted by atomic mass is 10.1. The molecule has 1 heterocycles. The number of aromatic nitrogens is 4. The molecule has 2 aromatic rings. The smallest absolute Gasteiger partial charge is 0.182 e. The molecule has 0 amide bonds. The average molecular weight is 261 g/mol. The van der Waals surface area contributed by atoms with E-state index in [0.717, 1.165) is 18.9 Å². The molecule has 0 unspecified atom stereocenters. The van der Waals surface area contributed by atoms with Crippen molar-refractivity contribution in [3.63, 3.8) is 0 Å². The molecule has 19 heavy (non-hydrogen) atoms. The largest absolute Gasteiger partial charge is 0.398 e. The average Bonchev–Trinajstić information content (AvgIpc) is 3.10. The van der Waals surface area contributed by atoms with Gasteiger partial charge in [0.25, 0.3) is 0 Å². The lowest BCUT2D eigenvalue weighted by Crippen LogP contribution is -2.05. The van der Waals surface area contributed by atoms with Gasteiger partial charge in [-0.05, 0) is 41.8 Å². The fourth-order valence-corrected chi connectivity index (χ4v) is 2.10. The van der Waals surface area contributed by atoms with E-state index in [2.05, 4.69) is 15.5 Å². The SMILES string of the molecule is Cc1c(N)cc(-c2nnnn2CCC2CC2)cc1F. The summed E-state index contributed by atoms with van der Waals surface area (Å²) >= 11 is 0. The molecule has 1 saturated carbocycles. The van der Waals surface area contributed by atoms with Crippen molar-refractivity contribution in [3.8, 4) is 11.4 Å². The van der Waals surface area contributed by atoms with E-state index < -0.39 is 0 Å². The van der Waals surface area contributed by atoms with Gasteiger partial charge in [0.05, 0.1) is 0 Å². The predicted molar refractivity (Wildman–Crippen MR) is 69.7 cm³/mol. The van der Waals surface area contributed by atoms with Crippen molar-refractivity contribution in [2.45, 2.75) is 32.7 Å². The first kappa shape index (κ1) is 12.1. The topological polar surface area (TPSA) is 69.6 Å². The number of nitrogens with two attached hydrogens (primary N) is 1. The summed E-state index contributed by atoms with van der Waals surface area (Å²) in [7, 11) is 0. The highest BCUT2D eigenvalue weighted by molar-refractivity contribution is 5.63. The van der Waals surface area contributed by atoms with Gasteiger partial charge in [0.1, 0.15) is 5.82 Å². The van der Waals surface area contributed by atoms with Crippen LogP contribution >= 0.6 is 0 Å². The Hall–Kier alpha value is -1.98. The number of nitrogens with zero attached hydrogens (tertiary/aromatic N) is 4. The van der Waals surface area contributed by atoms with Crippen LogP contribution in [-0.4, -0.2) is 20.2 Å². The van der Waals surface area contributed by atoms with Crippen molar-refractivity contribution in [2.75, 3.05) is 5.73 Å². The highest BCUT2D eigenvalue weighted by Gasteiger charge is 2.22. The molecule has 0 spiro atoms. The lowest BCUT2D eigenvalue weighted by molar-refractivity contribution is 0.535. The molecular weight excluding hydrogens is 245 g/mol. The molecule has 1 aliphatic carbocycles. The van der Waals surface area contributed by atoms with E-state index in [4.69, 9.17) is 5.73 Å². The summed E-state index contributed by atoms with van der Waals surface area (Å²) in [6, 6.07) is 3.16. The van der Waals surface area contributed by atoms with Crippen LogP contribution in [0.2, 0.25) is 0 Å². The van der Waals surface area contributed by atoms with Crippen LogP contribution in [0.1, 0.15) is 24.8 Å². The fraction of sp³-hybridized carbons (Fsp3) is 0.462. The van der Waals surface area contributed by atoms with E-state index in [1.165, 1.54) is 18.9 Å². The Kier molecular flexibility index (Phi) is 2.93. The Bertz CT molecular complexity index is 580. The van der Waals surface area contributed by atoms with Crippen molar-refractivity contribution in [2.24, 2.45) is 5.92 Å². The van der Waals surface area contributed by atoms with E-state index in [0.29, 0.717) is 22.6 Å². The molecule has 0 saturated heterocycles. The summed E-state index contributed by atoms with van der Waals surface area (Å²) < 4.78 is 15.5. The third-order valence-corrected chi connectivity index (χ3v) is 3.62. The van der Waals surface area contributed by atoms with Crippen molar-refractivity contribution >= 4 is 5.69 Å². The van der Waals surface area contributed by atoms with Crippen LogP contribution in [-0.2, 0) is 6.54 Å². The number of tetrazole rings is 1. The molecule has 1 aromatic heterocycles. The van der Waals surface area contributed by atoms with Crippen LogP contribution in [0.5, 0.6) is 0 Å². The number of anilines is 1. The zero-order chi connectivity index (χ0) is 13.4. The number of aryl methyl sites for hydroxylation is 1. The minimum Gasteiger partial charge on any atom is -0.398 e. The molecule has 3 rings (SSSR count). The van der Waals surface area contributed by atoms with Gasteiger partial charge in [0, 0.05) is 23.4 Å². The monoisotopic (exact) mass is 261 g/mol. The second-order valence-corrected chi connectivity index (χ2v) is 5.13. The van der Waals surface area contributed by atoms with Crippen molar-refractivity contribution < 1.29 is 4.39 Å². The van der Waals surface area contributed by atoms with E-state index in [-0.39, 0.29) is 5.82 Å². The standard InChI is InChI=1S/C13H16FN5/c1-8-11(14)6-10(7-12(8)15)13-16-17-18-19(13)5-4-9-2-3-9/h6-7,9H,2-5,15H2,1H3. The normalized spacial score (nSPS) is 14.8. The Balaban J connectivity index is 1.90. The maximum Gasteiger partial charge on any atom is 0.182 e. The Morgan fingerprint density at radius 2 is 2.21 bits per heavy atom. The number of halogens is 1. The van der Waals surface area contributed by atoms with Crippen molar-refractivity contribution in [1.82, 2.24) is 20.2 Å².